The van der Waals surface area contributed by atoms with Crippen LogP contribution < -0.4 is 10.9 Å². The van der Waals surface area contributed by atoms with Crippen molar-refractivity contribution >= 4 is 17.8 Å². The van der Waals surface area contributed by atoms with Gasteiger partial charge in [0.15, 0.2) is 0 Å². The van der Waals surface area contributed by atoms with E-state index >= 15 is 0 Å². The molecule has 0 unspecified atom stereocenters. The minimum absolute atomic E-state index is 0.224. The summed E-state index contributed by atoms with van der Waals surface area (Å²) < 4.78 is 0. The lowest BCUT2D eigenvalue weighted by atomic mass is 10.3. The molecule has 3 N–H and O–H groups in total. The maximum absolute atomic E-state index is 11.1. The molecule has 0 rings (SSSR count). The van der Waals surface area contributed by atoms with Crippen molar-refractivity contribution in [3.05, 3.63) is 24.3 Å². The van der Waals surface area contributed by atoms with Crippen molar-refractivity contribution in [1.29, 1.82) is 0 Å². The van der Waals surface area contributed by atoms with Gasteiger partial charge in [-0.05, 0) is 13.3 Å². The van der Waals surface area contributed by atoms with Crippen LogP contribution in [0.1, 0.15) is 26.2 Å². The number of carboxylic acid groups (broad SMARTS) is 1. The lowest BCUT2D eigenvalue weighted by molar-refractivity contribution is -0.141. The Morgan fingerprint density at radius 2 is 1.76 bits per heavy atom. The predicted molar refractivity (Wildman–Crippen MR) is 61.7 cm³/mol. The Balaban J connectivity index is 3.66. The van der Waals surface area contributed by atoms with E-state index in [0.29, 0.717) is 6.42 Å². The van der Waals surface area contributed by atoms with Gasteiger partial charge >= 0.3 is 5.97 Å². The second-order valence-corrected chi connectivity index (χ2v) is 3.16. The van der Waals surface area contributed by atoms with Crippen molar-refractivity contribution in [2.45, 2.75) is 26.2 Å². The topological polar surface area (TPSA) is 95.5 Å². The zero-order chi connectivity index (χ0) is 13.1. The van der Waals surface area contributed by atoms with E-state index in [0.717, 1.165) is 0 Å². The number of hydrazine groups is 1. The highest BCUT2D eigenvalue weighted by atomic mass is 16.4. The molecule has 0 fully saturated rings. The lowest BCUT2D eigenvalue weighted by Crippen LogP contribution is -2.42. The average Bonchev–Trinajstić information content (AvgIpc) is 2.25. The molecule has 0 heterocycles. The SMILES string of the molecule is CC=CC=CCCC(=O)NNC(=O)CC(=O)O. The van der Waals surface area contributed by atoms with Crippen molar-refractivity contribution < 1.29 is 19.5 Å². The second-order valence-electron chi connectivity index (χ2n) is 3.16. The summed E-state index contributed by atoms with van der Waals surface area (Å²) in [7, 11) is 0. The van der Waals surface area contributed by atoms with E-state index in [1.807, 2.05) is 36.7 Å². The highest BCUT2D eigenvalue weighted by Gasteiger charge is 2.07. The van der Waals surface area contributed by atoms with Gasteiger partial charge in [0.2, 0.25) is 11.8 Å². The molecule has 6 heteroatoms. The highest BCUT2D eigenvalue weighted by Crippen LogP contribution is 1.91. The standard InChI is InChI=1S/C11H16N2O4/c1-2-3-4-5-6-7-9(14)12-13-10(15)8-11(16)17/h2-5H,6-8H2,1H3,(H,12,14)(H,13,15)(H,16,17). The van der Waals surface area contributed by atoms with Crippen molar-refractivity contribution in [3.63, 3.8) is 0 Å². The molecule has 0 aromatic carbocycles. The number of carbonyl (C=O) groups excluding carboxylic acids is 2. The molecule has 0 atom stereocenters. The van der Waals surface area contributed by atoms with Crippen LogP contribution in [0.5, 0.6) is 0 Å². The van der Waals surface area contributed by atoms with E-state index < -0.39 is 18.3 Å². The molecule has 0 bridgehead atoms. The van der Waals surface area contributed by atoms with E-state index in [9.17, 15) is 14.4 Å². The molecule has 0 aliphatic heterocycles. The largest absolute Gasteiger partial charge is 0.481 e. The number of hydrogen-bond acceptors (Lipinski definition) is 3. The van der Waals surface area contributed by atoms with Crippen LogP contribution in [0, 0.1) is 0 Å². The third kappa shape index (κ3) is 10.2. The predicted octanol–water partition coefficient (Wildman–Crippen LogP) is 0.521. The first-order valence-electron chi connectivity index (χ1n) is 5.13. The Labute approximate surface area is 99.4 Å². The van der Waals surface area contributed by atoms with Gasteiger partial charge < -0.3 is 5.11 Å². The summed E-state index contributed by atoms with van der Waals surface area (Å²) in [5.74, 6) is -2.37. The molecule has 0 aromatic heterocycles. The van der Waals surface area contributed by atoms with Gasteiger partial charge in [-0.15, -0.1) is 0 Å². The summed E-state index contributed by atoms with van der Waals surface area (Å²) in [6, 6.07) is 0. The Kier molecular flexibility index (Phi) is 8.01. The molecule has 0 spiro atoms. The molecule has 6 nitrogen and oxygen atoms in total. The maximum Gasteiger partial charge on any atom is 0.312 e. The summed E-state index contributed by atoms with van der Waals surface area (Å²) in [5.41, 5.74) is 4.13. The second kappa shape index (κ2) is 9.14. The van der Waals surface area contributed by atoms with Crippen LogP contribution in [0.25, 0.3) is 0 Å². The number of carboxylic acids is 1. The number of allylic oxidation sites excluding steroid dienone is 4. The molecule has 94 valence electrons. The summed E-state index contributed by atoms with van der Waals surface area (Å²) in [6.07, 6.45) is 7.44. The van der Waals surface area contributed by atoms with Gasteiger partial charge in [0, 0.05) is 6.42 Å². The lowest BCUT2D eigenvalue weighted by Gasteiger charge is -2.04. The van der Waals surface area contributed by atoms with E-state index in [1.54, 1.807) is 0 Å². The van der Waals surface area contributed by atoms with E-state index in [-0.39, 0.29) is 12.3 Å². The van der Waals surface area contributed by atoms with Crippen LogP contribution >= 0.6 is 0 Å². The van der Waals surface area contributed by atoms with Crippen LogP contribution in [-0.4, -0.2) is 22.9 Å². The minimum Gasteiger partial charge on any atom is -0.481 e. The van der Waals surface area contributed by atoms with Gasteiger partial charge in [0.05, 0.1) is 0 Å². The maximum atomic E-state index is 11.1. The van der Waals surface area contributed by atoms with Crippen molar-refractivity contribution in [2.24, 2.45) is 0 Å². The summed E-state index contributed by atoms with van der Waals surface area (Å²) >= 11 is 0. The van der Waals surface area contributed by atoms with Crippen molar-refractivity contribution in [1.82, 2.24) is 10.9 Å². The van der Waals surface area contributed by atoms with E-state index in [1.165, 1.54) is 0 Å². The first-order chi connectivity index (χ1) is 8.06. The molecule has 0 aliphatic carbocycles. The van der Waals surface area contributed by atoms with Gasteiger partial charge in [0.1, 0.15) is 6.42 Å². The molecule has 17 heavy (non-hydrogen) atoms. The van der Waals surface area contributed by atoms with Gasteiger partial charge in [-0.25, -0.2) is 0 Å². The summed E-state index contributed by atoms with van der Waals surface area (Å²) in [5, 5.41) is 8.28. The van der Waals surface area contributed by atoms with E-state index in [2.05, 4.69) is 5.43 Å². The van der Waals surface area contributed by atoms with Crippen LogP contribution in [0.3, 0.4) is 0 Å². The number of carbonyl (C=O) groups is 3. The Hall–Kier alpha value is -2.11. The van der Waals surface area contributed by atoms with Crippen LogP contribution in [0.4, 0.5) is 0 Å². The third-order valence-corrected chi connectivity index (χ3v) is 1.63. The normalized spacial score (nSPS) is 10.6. The summed E-state index contributed by atoms with van der Waals surface area (Å²) in [4.78, 5) is 32.1. The van der Waals surface area contributed by atoms with Crippen LogP contribution in [-0.2, 0) is 14.4 Å². The molecule has 0 aliphatic rings. The third-order valence-electron chi connectivity index (χ3n) is 1.63. The fourth-order valence-electron chi connectivity index (χ4n) is 0.884. The molecule has 0 aromatic rings. The molecule has 0 saturated heterocycles. The fourth-order valence-corrected chi connectivity index (χ4v) is 0.884. The zero-order valence-corrected chi connectivity index (χ0v) is 9.60. The minimum atomic E-state index is -1.24. The quantitative estimate of drug-likeness (QED) is 0.358. The number of aliphatic carboxylic acids is 1. The van der Waals surface area contributed by atoms with E-state index in [4.69, 9.17) is 5.11 Å². The monoisotopic (exact) mass is 240 g/mol. The van der Waals surface area contributed by atoms with Crippen LogP contribution in [0.2, 0.25) is 0 Å². The summed E-state index contributed by atoms with van der Waals surface area (Å²) in [6.45, 7) is 1.88. The Morgan fingerprint density at radius 3 is 2.35 bits per heavy atom. The fraction of sp³-hybridized carbons (Fsp3) is 0.364. The average molecular weight is 240 g/mol. The van der Waals surface area contributed by atoms with Gasteiger partial charge in [-0.2, -0.15) is 0 Å². The molecule has 2 amide bonds. The first-order valence-corrected chi connectivity index (χ1v) is 5.13. The molecule has 0 radical (unpaired) electrons. The highest BCUT2D eigenvalue weighted by molar-refractivity contribution is 5.94. The zero-order valence-electron chi connectivity index (χ0n) is 9.60. The Morgan fingerprint density at radius 1 is 1.12 bits per heavy atom. The van der Waals surface area contributed by atoms with Crippen molar-refractivity contribution in [2.75, 3.05) is 0 Å². The van der Waals surface area contributed by atoms with Crippen molar-refractivity contribution in [3.8, 4) is 0 Å². The van der Waals surface area contributed by atoms with Gasteiger partial charge in [0.25, 0.3) is 0 Å². The Bertz CT molecular complexity index is 334. The van der Waals surface area contributed by atoms with Gasteiger partial charge in [-0.3, -0.25) is 25.2 Å². The van der Waals surface area contributed by atoms with Gasteiger partial charge in [-0.1, -0.05) is 24.3 Å². The molecular formula is C11H16N2O4. The smallest absolute Gasteiger partial charge is 0.312 e. The number of hydrogen-bond donors (Lipinski definition) is 3. The molecule has 0 saturated carbocycles. The number of nitrogens with one attached hydrogen (secondary N) is 2. The first kappa shape index (κ1) is 14.9. The number of amides is 2. The molecular weight excluding hydrogens is 224 g/mol. The van der Waals surface area contributed by atoms with Crippen LogP contribution in [0.15, 0.2) is 24.3 Å². The number of rotatable bonds is 6.